The predicted molar refractivity (Wildman–Crippen MR) is 116 cm³/mol. The summed E-state index contributed by atoms with van der Waals surface area (Å²) in [5, 5.41) is 1.12. The fourth-order valence-corrected chi connectivity index (χ4v) is 2.90. The van der Waals surface area contributed by atoms with Crippen molar-refractivity contribution in [1.82, 2.24) is 13.9 Å². The molecular weight excluding hydrogens is 338 g/mol. The molecule has 2 aromatic heterocycles. The third kappa shape index (κ3) is 6.49. The third-order valence-corrected chi connectivity index (χ3v) is 4.83. The Morgan fingerprint density at radius 1 is 0.962 bits per heavy atom. The van der Waals surface area contributed by atoms with Crippen molar-refractivity contribution in [2.24, 2.45) is 5.92 Å². The van der Waals surface area contributed by atoms with Gasteiger partial charge in [-0.15, -0.1) is 0 Å². The van der Waals surface area contributed by atoms with Crippen LogP contribution in [0.2, 0.25) is 0 Å². The molecular formula is C22H33N3S. The molecule has 3 nitrogen and oxygen atoms in total. The van der Waals surface area contributed by atoms with E-state index in [2.05, 4.69) is 78.2 Å². The highest BCUT2D eigenvalue weighted by Gasteiger charge is 2.08. The molecule has 0 spiro atoms. The molecule has 0 radical (unpaired) electrons. The van der Waals surface area contributed by atoms with Crippen molar-refractivity contribution < 1.29 is 0 Å². The van der Waals surface area contributed by atoms with E-state index in [1.54, 1.807) is 11.9 Å². The van der Waals surface area contributed by atoms with E-state index in [9.17, 15) is 0 Å². The molecule has 0 aliphatic heterocycles. The van der Waals surface area contributed by atoms with Gasteiger partial charge in [0.1, 0.15) is 5.82 Å². The number of fused-ring (bicyclic) bond motifs is 1. The van der Waals surface area contributed by atoms with Gasteiger partial charge in [-0.1, -0.05) is 58.7 Å². The van der Waals surface area contributed by atoms with E-state index < -0.39 is 0 Å². The molecule has 0 saturated heterocycles. The summed E-state index contributed by atoms with van der Waals surface area (Å²) in [6.45, 7) is 16.7. The average Bonchev–Trinajstić information content (AvgIpc) is 3.02. The average molecular weight is 372 g/mol. The van der Waals surface area contributed by atoms with Crippen LogP contribution >= 0.6 is 11.9 Å². The molecule has 0 aliphatic rings. The van der Waals surface area contributed by atoms with Crippen LogP contribution in [0.25, 0.3) is 11.0 Å². The van der Waals surface area contributed by atoms with Crippen LogP contribution in [-0.4, -0.2) is 13.9 Å². The Kier molecular flexibility index (Phi) is 9.42. The maximum Gasteiger partial charge on any atom is 0.154 e. The van der Waals surface area contributed by atoms with E-state index in [0.717, 1.165) is 28.5 Å². The Morgan fingerprint density at radius 3 is 2.08 bits per heavy atom. The van der Waals surface area contributed by atoms with Crippen molar-refractivity contribution in [2.75, 3.05) is 0 Å². The summed E-state index contributed by atoms with van der Waals surface area (Å²) in [4.78, 5) is 10.1. The zero-order chi connectivity index (χ0) is 19.7. The van der Waals surface area contributed by atoms with Gasteiger partial charge in [0.15, 0.2) is 5.65 Å². The number of nitrogens with zero attached hydrogens (tertiary/aromatic N) is 3. The zero-order valence-electron chi connectivity index (χ0n) is 17.5. The fraction of sp³-hybridized carbons (Fsp3) is 0.455. The highest BCUT2D eigenvalue weighted by atomic mass is 32.2. The first-order valence-electron chi connectivity index (χ1n) is 9.48. The topological polar surface area (TPSA) is 30.7 Å². The van der Waals surface area contributed by atoms with E-state index in [1.165, 1.54) is 16.9 Å². The molecule has 3 aromatic rings. The van der Waals surface area contributed by atoms with Crippen LogP contribution in [0, 0.1) is 26.7 Å². The van der Waals surface area contributed by atoms with Gasteiger partial charge < -0.3 is 0 Å². The van der Waals surface area contributed by atoms with Gasteiger partial charge in [-0.3, -0.25) is 3.97 Å². The van der Waals surface area contributed by atoms with Gasteiger partial charge >= 0.3 is 0 Å². The Balaban J connectivity index is 0.000000420. The molecule has 142 valence electrons. The van der Waals surface area contributed by atoms with Crippen molar-refractivity contribution in [1.29, 1.82) is 0 Å². The van der Waals surface area contributed by atoms with E-state index >= 15 is 0 Å². The second-order valence-corrected chi connectivity index (χ2v) is 7.49. The molecule has 4 heteroatoms. The number of rotatable bonds is 3. The van der Waals surface area contributed by atoms with Crippen LogP contribution in [0.3, 0.4) is 0 Å². The predicted octanol–water partition coefficient (Wildman–Crippen LogP) is 6.99. The molecule has 0 unspecified atom stereocenters. The lowest BCUT2D eigenvalue weighted by molar-refractivity contribution is 0.626. The van der Waals surface area contributed by atoms with Crippen molar-refractivity contribution in [3.05, 3.63) is 53.6 Å². The minimum atomic E-state index is 0.814. The minimum absolute atomic E-state index is 0.814. The van der Waals surface area contributed by atoms with Crippen molar-refractivity contribution in [2.45, 2.75) is 66.7 Å². The number of aryl methyl sites for hydroxylation is 3. The molecule has 26 heavy (non-hydrogen) atoms. The summed E-state index contributed by atoms with van der Waals surface area (Å²) in [5.41, 5.74) is 3.29. The second kappa shape index (κ2) is 11.0. The first-order valence-corrected chi connectivity index (χ1v) is 10.2. The summed E-state index contributed by atoms with van der Waals surface area (Å²) in [6, 6.07) is 10.6. The summed E-state index contributed by atoms with van der Waals surface area (Å²) in [6.07, 6.45) is 3.36. The third-order valence-electron chi connectivity index (χ3n) is 3.85. The van der Waals surface area contributed by atoms with Crippen LogP contribution < -0.4 is 0 Å². The smallest absolute Gasteiger partial charge is 0.154 e. The number of hydrogen-bond donors (Lipinski definition) is 0. The molecule has 2 heterocycles. The quantitative estimate of drug-likeness (QED) is 0.497. The lowest BCUT2D eigenvalue weighted by atomic mass is 10.2. The van der Waals surface area contributed by atoms with Crippen LogP contribution in [-0.2, 0) is 0 Å². The highest BCUT2D eigenvalue weighted by molar-refractivity contribution is 7.98. The molecule has 0 saturated carbocycles. The van der Waals surface area contributed by atoms with Crippen molar-refractivity contribution in [3.63, 3.8) is 0 Å². The van der Waals surface area contributed by atoms with E-state index in [4.69, 9.17) is 0 Å². The first kappa shape index (κ1) is 22.2. The number of aromatic nitrogens is 3. The lowest BCUT2D eigenvalue weighted by Crippen LogP contribution is -1.95. The first-order chi connectivity index (χ1) is 12.4. The van der Waals surface area contributed by atoms with Gasteiger partial charge in [0.05, 0.1) is 5.69 Å². The normalized spacial score (nSPS) is 10.2. The van der Waals surface area contributed by atoms with Gasteiger partial charge in [0, 0.05) is 16.5 Å². The molecule has 0 aliphatic carbocycles. The maximum absolute atomic E-state index is 4.54. The van der Waals surface area contributed by atoms with E-state index in [0.29, 0.717) is 0 Å². The van der Waals surface area contributed by atoms with Crippen LogP contribution in [0.4, 0.5) is 0 Å². The minimum Gasteiger partial charge on any atom is -0.271 e. The van der Waals surface area contributed by atoms with Gasteiger partial charge in [-0.25, -0.2) is 9.97 Å². The second-order valence-electron chi connectivity index (χ2n) is 6.44. The van der Waals surface area contributed by atoms with Gasteiger partial charge in [0.2, 0.25) is 0 Å². The summed E-state index contributed by atoms with van der Waals surface area (Å²) < 4.78 is 2.10. The standard InChI is InChI=1S/C15H15N3S.C5H12.C2H6/c1-10-4-6-13(7-5-10)19-18-9-8-14-11(2)16-12(3)17-15(14)18;1-4-5(2)3;1-2/h4-9H,1-3H3;5H,4H2,1-3H3;1-2H3. The molecule has 0 bridgehead atoms. The van der Waals surface area contributed by atoms with E-state index in [1.807, 2.05) is 27.7 Å². The SMILES string of the molecule is CC.CCC(C)C.Cc1ccc(Sn2ccc3c(C)nc(C)nc32)cc1. The summed E-state index contributed by atoms with van der Waals surface area (Å²) >= 11 is 1.68. The molecule has 0 atom stereocenters. The van der Waals surface area contributed by atoms with Crippen LogP contribution in [0.1, 0.15) is 58.1 Å². The van der Waals surface area contributed by atoms with E-state index in [-0.39, 0.29) is 0 Å². The largest absolute Gasteiger partial charge is 0.271 e. The van der Waals surface area contributed by atoms with Gasteiger partial charge in [-0.05, 0) is 56.8 Å². The summed E-state index contributed by atoms with van der Waals surface area (Å²) in [5.74, 6) is 1.70. The molecule has 0 fully saturated rings. The van der Waals surface area contributed by atoms with Crippen LogP contribution in [0.5, 0.6) is 0 Å². The number of benzene rings is 1. The number of hydrogen-bond acceptors (Lipinski definition) is 3. The molecule has 1 aromatic carbocycles. The Bertz CT molecular complexity index is 789. The Morgan fingerprint density at radius 2 is 1.54 bits per heavy atom. The van der Waals surface area contributed by atoms with Crippen molar-refractivity contribution >= 4 is 23.0 Å². The van der Waals surface area contributed by atoms with Crippen molar-refractivity contribution in [3.8, 4) is 0 Å². The van der Waals surface area contributed by atoms with Crippen LogP contribution in [0.15, 0.2) is 41.4 Å². The highest BCUT2D eigenvalue weighted by Crippen LogP contribution is 2.26. The Labute approximate surface area is 163 Å². The summed E-state index contributed by atoms with van der Waals surface area (Å²) in [7, 11) is 0. The monoisotopic (exact) mass is 371 g/mol. The zero-order valence-corrected chi connectivity index (χ0v) is 18.3. The lowest BCUT2D eigenvalue weighted by Gasteiger charge is -2.05. The van der Waals surface area contributed by atoms with Gasteiger partial charge in [-0.2, -0.15) is 0 Å². The Hall–Kier alpha value is -1.81. The molecule has 3 rings (SSSR count). The fourth-order valence-electron chi connectivity index (χ4n) is 2.07. The molecule has 0 N–H and O–H groups in total. The molecule has 0 amide bonds. The van der Waals surface area contributed by atoms with Gasteiger partial charge in [0.25, 0.3) is 0 Å². The maximum atomic E-state index is 4.54.